The third-order valence-electron chi connectivity index (χ3n) is 4.85. The van der Waals surface area contributed by atoms with Crippen molar-refractivity contribution >= 4 is 23.5 Å². The lowest BCUT2D eigenvalue weighted by Crippen LogP contribution is -2.31. The van der Waals surface area contributed by atoms with Crippen LogP contribution in [0.1, 0.15) is 54.8 Å². The zero-order chi connectivity index (χ0) is 31.8. The van der Waals surface area contributed by atoms with Crippen molar-refractivity contribution < 1.29 is 48.3 Å². The molecule has 2 aromatic rings. The SMILES string of the molecule is C=C.C=C.C=C(CC(=O)OCOc1ccc(C(=O)C(C)(C)O)cc1)C(=O)OCOc1ccc(C(=O)C(C)(C)O)cc1. The highest BCUT2D eigenvalue weighted by Crippen LogP contribution is 2.18. The van der Waals surface area contributed by atoms with Gasteiger partial charge in [-0.2, -0.15) is 0 Å². The molecule has 2 rings (SSSR count). The van der Waals surface area contributed by atoms with Crippen LogP contribution in [0.3, 0.4) is 0 Å². The molecule has 0 saturated heterocycles. The molecule has 2 aromatic carbocycles. The second kappa shape index (κ2) is 17.2. The molecule has 0 aliphatic heterocycles. The van der Waals surface area contributed by atoms with Gasteiger partial charge in [0.2, 0.25) is 13.6 Å². The minimum atomic E-state index is -1.50. The fraction of sp³-hybridized carbons (Fsp3) is 0.290. The van der Waals surface area contributed by atoms with Crippen molar-refractivity contribution in [1.82, 2.24) is 0 Å². The normalized spacial score (nSPS) is 10.4. The number of aliphatic hydroxyl groups is 2. The molecule has 0 fully saturated rings. The van der Waals surface area contributed by atoms with Crippen molar-refractivity contribution in [2.24, 2.45) is 0 Å². The Morgan fingerprint density at radius 2 is 1.00 bits per heavy atom. The number of carbonyl (C=O) groups excluding carboxylic acids is 4. The molecule has 0 spiro atoms. The molecule has 0 unspecified atom stereocenters. The van der Waals surface area contributed by atoms with E-state index in [1.54, 1.807) is 0 Å². The number of esters is 2. The van der Waals surface area contributed by atoms with E-state index in [4.69, 9.17) is 18.9 Å². The molecule has 0 radical (unpaired) electrons. The summed E-state index contributed by atoms with van der Waals surface area (Å²) in [6.45, 7) is 20.2. The third-order valence-corrected chi connectivity index (χ3v) is 4.85. The van der Waals surface area contributed by atoms with Gasteiger partial charge in [-0.15, -0.1) is 26.3 Å². The Morgan fingerprint density at radius 1 is 0.659 bits per heavy atom. The Labute approximate surface area is 240 Å². The minimum Gasteiger partial charge on any atom is -0.457 e. The second-order valence-corrected chi connectivity index (χ2v) is 9.08. The average molecular weight is 571 g/mol. The van der Waals surface area contributed by atoms with Crippen LogP contribution in [-0.2, 0) is 19.1 Å². The molecule has 10 heteroatoms. The Bertz CT molecular complexity index is 1170. The summed E-state index contributed by atoms with van der Waals surface area (Å²) in [4.78, 5) is 48.0. The number of ether oxygens (including phenoxy) is 4. The molecule has 222 valence electrons. The molecule has 0 saturated carbocycles. The predicted octanol–water partition coefficient (Wildman–Crippen LogP) is 4.60. The second-order valence-electron chi connectivity index (χ2n) is 9.08. The molecule has 2 N–H and O–H groups in total. The van der Waals surface area contributed by atoms with Crippen LogP contribution in [0.5, 0.6) is 11.5 Å². The van der Waals surface area contributed by atoms with E-state index in [2.05, 4.69) is 32.9 Å². The molecule has 41 heavy (non-hydrogen) atoms. The maximum Gasteiger partial charge on any atom is 0.336 e. The van der Waals surface area contributed by atoms with Crippen LogP contribution in [0.25, 0.3) is 0 Å². The van der Waals surface area contributed by atoms with Gasteiger partial charge in [0.05, 0.1) is 6.42 Å². The summed E-state index contributed by atoms with van der Waals surface area (Å²) < 4.78 is 20.4. The first-order chi connectivity index (χ1) is 19.2. The van der Waals surface area contributed by atoms with Gasteiger partial charge >= 0.3 is 11.9 Å². The standard InChI is InChI=1S/C27H30O10.2C2H4/c1-17(25(31)37-16-35-21-12-8-19(9-13-21)24(30)27(4,5)33)14-22(28)36-15-34-20-10-6-18(7-11-20)23(29)26(2,3)32;2*1-2/h6-13,32-33H,1,14-16H2,2-5H3;2*1-2H2. The number of rotatable bonds is 13. The fourth-order valence-corrected chi connectivity index (χ4v) is 2.83. The summed E-state index contributed by atoms with van der Waals surface area (Å²) in [5.74, 6) is -1.89. The van der Waals surface area contributed by atoms with Gasteiger partial charge in [0.1, 0.15) is 22.7 Å². The van der Waals surface area contributed by atoms with Gasteiger partial charge in [0, 0.05) is 16.7 Å². The van der Waals surface area contributed by atoms with Crippen LogP contribution >= 0.6 is 0 Å². The van der Waals surface area contributed by atoms with Crippen molar-refractivity contribution in [1.29, 1.82) is 0 Å². The van der Waals surface area contributed by atoms with Crippen LogP contribution in [0.4, 0.5) is 0 Å². The first-order valence-corrected chi connectivity index (χ1v) is 12.2. The van der Waals surface area contributed by atoms with E-state index in [1.165, 1.54) is 76.2 Å². The van der Waals surface area contributed by atoms with Crippen LogP contribution in [0.15, 0.2) is 87.0 Å². The minimum absolute atomic E-state index is 0.158. The molecular formula is C31H38O10. The van der Waals surface area contributed by atoms with Gasteiger partial charge in [0.15, 0.2) is 11.6 Å². The summed E-state index contributed by atoms with van der Waals surface area (Å²) >= 11 is 0. The highest BCUT2D eigenvalue weighted by Gasteiger charge is 2.26. The topological polar surface area (TPSA) is 146 Å². The smallest absolute Gasteiger partial charge is 0.336 e. The summed E-state index contributed by atoms with van der Waals surface area (Å²) in [7, 11) is 0. The zero-order valence-corrected chi connectivity index (χ0v) is 23.9. The molecule has 0 aromatic heterocycles. The Hall–Kier alpha value is -4.54. The molecule has 0 heterocycles. The van der Waals surface area contributed by atoms with E-state index in [-0.39, 0.29) is 5.57 Å². The van der Waals surface area contributed by atoms with Crippen LogP contribution in [-0.4, -0.2) is 58.5 Å². The largest absolute Gasteiger partial charge is 0.457 e. The Morgan fingerprint density at radius 3 is 1.34 bits per heavy atom. The highest BCUT2D eigenvalue weighted by molar-refractivity contribution is 6.02. The van der Waals surface area contributed by atoms with Gasteiger partial charge in [-0.3, -0.25) is 14.4 Å². The molecule has 0 aliphatic rings. The summed E-state index contributed by atoms with van der Waals surface area (Å²) in [6, 6.07) is 11.8. The lowest BCUT2D eigenvalue weighted by atomic mass is 9.97. The monoisotopic (exact) mass is 570 g/mol. The van der Waals surface area contributed by atoms with Gasteiger partial charge in [-0.25, -0.2) is 4.79 Å². The van der Waals surface area contributed by atoms with Crippen molar-refractivity contribution in [3.63, 3.8) is 0 Å². The van der Waals surface area contributed by atoms with Gasteiger partial charge in [-0.1, -0.05) is 6.58 Å². The first-order valence-electron chi connectivity index (χ1n) is 12.2. The zero-order valence-electron chi connectivity index (χ0n) is 23.9. The van der Waals surface area contributed by atoms with E-state index in [1.807, 2.05) is 0 Å². The van der Waals surface area contributed by atoms with Crippen LogP contribution in [0, 0.1) is 0 Å². The highest BCUT2D eigenvalue weighted by atomic mass is 16.7. The van der Waals surface area contributed by atoms with E-state index in [0.717, 1.165) is 0 Å². The number of carbonyl (C=O) groups is 4. The van der Waals surface area contributed by atoms with Crippen molar-refractivity contribution in [2.45, 2.75) is 45.3 Å². The van der Waals surface area contributed by atoms with Crippen molar-refractivity contribution in [2.75, 3.05) is 13.6 Å². The fourth-order valence-electron chi connectivity index (χ4n) is 2.83. The quantitative estimate of drug-likeness (QED) is 0.115. The van der Waals surface area contributed by atoms with Gasteiger partial charge in [0.25, 0.3) is 0 Å². The van der Waals surface area contributed by atoms with E-state index in [0.29, 0.717) is 22.6 Å². The van der Waals surface area contributed by atoms with Crippen molar-refractivity contribution in [3.05, 3.63) is 98.1 Å². The molecule has 0 amide bonds. The van der Waals surface area contributed by atoms with Crippen LogP contribution < -0.4 is 9.47 Å². The predicted molar refractivity (Wildman–Crippen MR) is 154 cm³/mol. The van der Waals surface area contributed by atoms with E-state index in [9.17, 15) is 29.4 Å². The molecule has 0 aliphatic carbocycles. The lowest BCUT2D eigenvalue weighted by Gasteiger charge is -2.15. The average Bonchev–Trinajstić information content (AvgIpc) is 2.94. The number of hydrogen-bond acceptors (Lipinski definition) is 10. The maximum absolute atomic E-state index is 12.0. The number of Topliss-reactive ketones (excluding diaryl/α,β-unsaturated/α-hetero) is 2. The molecule has 0 atom stereocenters. The third kappa shape index (κ3) is 12.9. The molecule has 0 bridgehead atoms. The van der Waals surface area contributed by atoms with Gasteiger partial charge < -0.3 is 29.2 Å². The Balaban J connectivity index is 0.00000382. The molecular weight excluding hydrogens is 532 g/mol. The summed E-state index contributed by atoms with van der Waals surface area (Å²) in [5, 5.41) is 19.5. The maximum atomic E-state index is 12.0. The first kappa shape index (κ1) is 36.5. The van der Waals surface area contributed by atoms with Crippen molar-refractivity contribution in [3.8, 4) is 11.5 Å². The van der Waals surface area contributed by atoms with Gasteiger partial charge in [-0.05, 0) is 76.2 Å². The molecule has 10 nitrogen and oxygen atoms in total. The summed E-state index contributed by atoms with van der Waals surface area (Å²) in [6.07, 6.45) is -0.436. The Kier molecular flexibility index (Phi) is 15.3. The van der Waals surface area contributed by atoms with E-state index < -0.39 is 54.7 Å². The number of ketones is 2. The number of hydrogen-bond donors (Lipinski definition) is 2. The number of benzene rings is 2. The summed E-state index contributed by atoms with van der Waals surface area (Å²) in [5.41, 5.74) is -2.57. The lowest BCUT2D eigenvalue weighted by molar-refractivity contribution is -0.153. The van der Waals surface area contributed by atoms with E-state index >= 15 is 0 Å². The van der Waals surface area contributed by atoms with Crippen LogP contribution in [0.2, 0.25) is 0 Å².